The van der Waals surface area contributed by atoms with Gasteiger partial charge in [-0.3, -0.25) is 9.88 Å². The number of likely N-dealkylation sites (tertiary alicyclic amines) is 1. The Labute approximate surface area is 240 Å². The normalized spacial score (nSPS) is 14.9. The number of esters is 1. The minimum Gasteiger partial charge on any atom is -0.473 e. The molecule has 0 bridgehead atoms. The molecule has 0 atom stereocenters. The van der Waals surface area contributed by atoms with Gasteiger partial charge in [0.2, 0.25) is 5.88 Å². The van der Waals surface area contributed by atoms with Gasteiger partial charge in [-0.25, -0.2) is 14.8 Å². The number of aromatic nitrogens is 4. The Balaban J connectivity index is 1.07. The van der Waals surface area contributed by atoms with Crippen molar-refractivity contribution < 1.29 is 14.3 Å². The number of ether oxygens (including phenoxy) is 2. The lowest BCUT2D eigenvalue weighted by Gasteiger charge is -2.32. The summed E-state index contributed by atoms with van der Waals surface area (Å²) in [7, 11) is 0. The van der Waals surface area contributed by atoms with Crippen molar-refractivity contribution in [1.82, 2.24) is 24.4 Å². The number of hydrogen-bond acceptors (Lipinski definition) is 7. The lowest BCUT2D eigenvalue weighted by Crippen LogP contribution is -2.34. The van der Waals surface area contributed by atoms with Crippen molar-refractivity contribution in [2.24, 2.45) is 0 Å². The summed E-state index contributed by atoms with van der Waals surface area (Å²) in [6.07, 6.45) is 5.69. The van der Waals surface area contributed by atoms with Crippen LogP contribution in [0.5, 0.6) is 5.88 Å². The van der Waals surface area contributed by atoms with Crippen molar-refractivity contribution in [2.75, 3.05) is 13.1 Å². The van der Waals surface area contributed by atoms with Gasteiger partial charge in [0.05, 0.1) is 35.1 Å². The Bertz CT molecular complexity index is 1680. The van der Waals surface area contributed by atoms with Gasteiger partial charge < -0.3 is 14.0 Å². The SMILES string of the molecule is CC(C)(C)OC(=O)c1ccc2ncn(CN3CCC(c4cccc(OCc5cccc6ncccc56)n4)CC3)c2c1. The first-order valence-electron chi connectivity index (χ1n) is 14.2. The van der Waals surface area contributed by atoms with Crippen molar-refractivity contribution in [2.45, 2.75) is 58.4 Å². The van der Waals surface area contributed by atoms with E-state index in [9.17, 15) is 4.79 Å². The Hall–Kier alpha value is -4.30. The van der Waals surface area contributed by atoms with Crippen LogP contribution in [0.1, 0.15) is 61.1 Å². The third-order valence-corrected chi connectivity index (χ3v) is 7.47. The molecule has 0 unspecified atom stereocenters. The van der Waals surface area contributed by atoms with Crippen LogP contribution < -0.4 is 4.74 Å². The molecule has 6 rings (SSSR count). The Kier molecular flexibility index (Phi) is 7.41. The van der Waals surface area contributed by atoms with E-state index in [0.717, 1.165) is 65.8 Å². The van der Waals surface area contributed by atoms with Crippen molar-refractivity contribution in [3.05, 3.63) is 96.1 Å². The van der Waals surface area contributed by atoms with Crippen LogP contribution in [0.15, 0.2) is 79.3 Å². The molecule has 8 heteroatoms. The highest BCUT2D eigenvalue weighted by Gasteiger charge is 2.23. The van der Waals surface area contributed by atoms with Crippen LogP contribution >= 0.6 is 0 Å². The van der Waals surface area contributed by atoms with E-state index in [1.165, 1.54) is 0 Å². The molecule has 5 aromatic rings. The summed E-state index contributed by atoms with van der Waals surface area (Å²) in [6.45, 7) is 8.70. The van der Waals surface area contributed by atoms with Crippen molar-refractivity contribution in [1.29, 1.82) is 0 Å². The minimum atomic E-state index is -0.536. The predicted molar refractivity (Wildman–Crippen MR) is 159 cm³/mol. The number of hydrogen-bond donors (Lipinski definition) is 0. The van der Waals surface area contributed by atoms with Gasteiger partial charge in [-0.1, -0.05) is 24.3 Å². The second kappa shape index (κ2) is 11.3. The van der Waals surface area contributed by atoms with Crippen LogP contribution in [0.25, 0.3) is 21.9 Å². The molecule has 1 aliphatic rings. The number of benzene rings is 2. The lowest BCUT2D eigenvalue weighted by atomic mass is 9.93. The van der Waals surface area contributed by atoms with E-state index >= 15 is 0 Å². The number of fused-ring (bicyclic) bond motifs is 2. The number of rotatable bonds is 7. The average molecular weight is 550 g/mol. The fourth-order valence-corrected chi connectivity index (χ4v) is 5.40. The quantitative estimate of drug-likeness (QED) is 0.219. The number of piperidine rings is 1. The third-order valence-electron chi connectivity index (χ3n) is 7.47. The molecule has 1 saturated heterocycles. The van der Waals surface area contributed by atoms with Gasteiger partial charge in [-0.2, -0.15) is 0 Å². The smallest absolute Gasteiger partial charge is 0.338 e. The molecule has 2 aromatic carbocycles. The lowest BCUT2D eigenvalue weighted by molar-refractivity contribution is 0.00696. The summed E-state index contributed by atoms with van der Waals surface area (Å²) in [5, 5.41) is 1.10. The fraction of sp³-hybridized carbons (Fsp3) is 0.333. The van der Waals surface area contributed by atoms with Crippen molar-refractivity contribution in [3.8, 4) is 5.88 Å². The summed E-state index contributed by atoms with van der Waals surface area (Å²) in [5.74, 6) is 0.715. The predicted octanol–water partition coefficient (Wildman–Crippen LogP) is 6.35. The summed E-state index contributed by atoms with van der Waals surface area (Å²) in [5.41, 5.74) is 4.95. The molecule has 1 fully saturated rings. The summed E-state index contributed by atoms with van der Waals surface area (Å²) in [4.78, 5) is 28.9. The number of nitrogens with zero attached hydrogens (tertiary/aromatic N) is 5. The molecule has 0 saturated carbocycles. The molecule has 41 heavy (non-hydrogen) atoms. The van der Waals surface area contributed by atoms with Crippen molar-refractivity contribution in [3.63, 3.8) is 0 Å². The number of pyridine rings is 2. The molecule has 210 valence electrons. The molecule has 3 aromatic heterocycles. The van der Waals surface area contributed by atoms with E-state index in [4.69, 9.17) is 14.5 Å². The zero-order chi connectivity index (χ0) is 28.4. The number of carbonyl (C=O) groups excluding carboxylic acids is 1. The van der Waals surface area contributed by atoms with Gasteiger partial charge >= 0.3 is 5.97 Å². The van der Waals surface area contributed by atoms with E-state index < -0.39 is 5.60 Å². The molecule has 1 aliphatic heterocycles. The first-order valence-corrected chi connectivity index (χ1v) is 14.2. The maximum atomic E-state index is 12.6. The Morgan fingerprint density at radius 3 is 2.61 bits per heavy atom. The molecule has 0 radical (unpaired) electrons. The second-order valence-corrected chi connectivity index (χ2v) is 11.6. The minimum absolute atomic E-state index is 0.319. The van der Waals surface area contributed by atoms with Crippen LogP contribution in [0.4, 0.5) is 0 Å². The summed E-state index contributed by atoms with van der Waals surface area (Å²) in [6, 6.07) is 21.7. The van der Waals surface area contributed by atoms with Gasteiger partial charge in [0.25, 0.3) is 0 Å². The highest BCUT2D eigenvalue weighted by molar-refractivity contribution is 5.94. The highest BCUT2D eigenvalue weighted by Crippen LogP contribution is 2.29. The van der Waals surface area contributed by atoms with Crippen molar-refractivity contribution >= 4 is 27.9 Å². The maximum absolute atomic E-state index is 12.6. The third kappa shape index (κ3) is 6.23. The van der Waals surface area contributed by atoms with E-state index in [-0.39, 0.29) is 5.97 Å². The average Bonchev–Trinajstić information content (AvgIpc) is 3.37. The van der Waals surface area contributed by atoms with E-state index in [0.29, 0.717) is 24.0 Å². The maximum Gasteiger partial charge on any atom is 0.338 e. The van der Waals surface area contributed by atoms with Crippen LogP contribution in [0, 0.1) is 0 Å². The zero-order valence-electron chi connectivity index (χ0n) is 23.8. The Morgan fingerprint density at radius 2 is 1.78 bits per heavy atom. The van der Waals surface area contributed by atoms with Crippen LogP contribution in [-0.4, -0.2) is 49.1 Å². The standard InChI is InChI=1S/C33H35N5O3/c1-33(2,3)41-32(39)24-12-13-29-30(19-24)38(21-35-29)22-37-17-14-23(15-18-37)27-9-5-11-31(36-27)40-20-25-7-4-10-28-26(25)8-6-16-34-28/h4-13,16,19,21,23H,14-15,17-18,20,22H2,1-3H3. The van der Waals surface area contributed by atoms with Gasteiger partial charge in [0, 0.05) is 42.4 Å². The highest BCUT2D eigenvalue weighted by atomic mass is 16.6. The van der Waals surface area contributed by atoms with E-state index in [1.54, 1.807) is 6.07 Å². The molecule has 0 aliphatic carbocycles. The summed E-state index contributed by atoms with van der Waals surface area (Å²) >= 11 is 0. The summed E-state index contributed by atoms with van der Waals surface area (Å²) < 4.78 is 13.8. The van der Waals surface area contributed by atoms with E-state index in [1.807, 2.05) is 75.8 Å². The van der Waals surface area contributed by atoms with Gasteiger partial charge in [-0.15, -0.1) is 0 Å². The fourth-order valence-electron chi connectivity index (χ4n) is 5.40. The molecule has 0 amide bonds. The molecular formula is C33H35N5O3. The molecule has 0 N–H and O–H groups in total. The van der Waals surface area contributed by atoms with Gasteiger partial charge in [0.1, 0.15) is 12.2 Å². The first kappa shape index (κ1) is 26.9. The van der Waals surface area contributed by atoms with Crippen LogP contribution in [0.2, 0.25) is 0 Å². The van der Waals surface area contributed by atoms with Crippen LogP contribution in [-0.2, 0) is 18.0 Å². The molecular weight excluding hydrogens is 514 g/mol. The largest absolute Gasteiger partial charge is 0.473 e. The topological polar surface area (TPSA) is 82.4 Å². The first-order chi connectivity index (χ1) is 19.8. The zero-order valence-corrected chi connectivity index (χ0v) is 23.8. The molecule has 8 nitrogen and oxygen atoms in total. The molecule has 4 heterocycles. The van der Waals surface area contributed by atoms with E-state index in [2.05, 4.69) is 37.6 Å². The van der Waals surface area contributed by atoms with Gasteiger partial charge in [0.15, 0.2) is 0 Å². The second-order valence-electron chi connectivity index (χ2n) is 11.6. The Morgan fingerprint density at radius 1 is 0.951 bits per heavy atom. The monoisotopic (exact) mass is 549 g/mol. The molecule has 0 spiro atoms. The number of carbonyl (C=O) groups is 1. The number of imidazole rings is 1. The van der Waals surface area contributed by atoms with Crippen LogP contribution in [0.3, 0.4) is 0 Å². The van der Waals surface area contributed by atoms with Gasteiger partial charge in [-0.05, 0) is 75.6 Å².